The number of ether oxygens (including phenoxy) is 3. The fourth-order valence-electron chi connectivity index (χ4n) is 2.81. The van der Waals surface area contributed by atoms with Gasteiger partial charge in [0.25, 0.3) is 0 Å². The van der Waals surface area contributed by atoms with Crippen molar-refractivity contribution in [3.8, 4) is 17.2 Å². The van der Waals surface area contributed by atoms with E-state index in [2.05, 4.69) is 27.8 Å². The first-order chi connectivity index (χ1) is 12.3. The summed E-state index contributed by atoms with van der Waals surface area (Å²) in [6.45, 7) is 0.922. The lowest BCUT2D eigenvalue weighted by atomic mass is 10.1. The standard InChI is InChI=1S/C18H18N2O3S2/c1-21-15-9-17-16(22-11-23-17)7-12(15)10-20-14(18-19-4-6-25-18)8-13-3-2-5-24-13/h2-7,9,14,20H,8,10-11H2,1H3/t14-/m1/s1. The highest BCUT2D eigenvalue weighted by Crippen LogP contribution is 2.38. The molecule has 0 saturated heterocycles. The monoisotopic (exact) mass is 374 g/mol. The maximum Gasteiger partial charge on any atom is 0.231 e. The quantitative estimate of drug-likeness (QED) is 0.677. The van der Waals surface area contributed by atoms with Gasteiger partial charge in [0.1, 0.15) is 10.8 Å². The maximum atomic E-state index is 5.51. The van der Waals surface area contributed by atoms with Crippen LogP contribution in [-0.4, -0.2) is 18.9 Å². The number of methoxy groups -OCH3 is 1. The van der Waals surface area contributed by atoms with Crippen molar-refractivity contribution in [3.05, 3.63) is 56.7 Å². The lowest BCUT2D eigenvalue weighted by Crippen LogP contribution is -2.23. The zero-order chi connectivity index (χ0) is 17.1. The Morgan fingerprint density at radius 2 is 2.12 bits per heavy atom. The number of rotatable bonds is 7. The molecule has 0 aliphatic carbocycles. The normalized spacial score (nSPS) is 13.8. The fourth-order valence-corrected chi connectivity index (χ4v) is 4.28. The summed E-state index contributed by atoms with van der Waals surface area (Å²) in [7, 11) is 1.67. The van der Waals surface area contributed by atoms with E-state index in [0.29, 0.717) is 6.54 Å². The van der Waals surface area contributed by atoms with Gasteiger partial charge in [0, 0.05) is 41.0 Å². The van der Waals surface area contributed by atoms with E-state index in [-0.39, 0.29) is 12.8 Å². The van der Waals surface area contributed by atoms with Crippen LogP contribution >= 0.6 is 22.7 Å². The van der Waals surface area contributed by atoms with Gasteiger partial charge in [-0.25, -0.2) is 4.98 Å². The zero-order valence-electron chi connectivity index (χ0n) is 13.7. The molecule has 7 heteroatoms. The Morgan fingerprint density at radius 1 is 1.24 bits per heavy atom. The van der Waals surface area contributed by atoms with Gasteiger partial charge in [0.05, 0.1) is 13.2 Å². The second-order valence-corrected chi connectivity index (χ2v) is 7.56. The molecule has 1 aromatic carbocycles. The molecule has 0 spiro atoms. The van der Waals surface area contributed by atoms with Crippen LogP contribution in [0.3, 0.4) is 0 Å². The van der Waals surface area contributed by atoms with E-state index in [0.717, 1.165) is 34.2 Å². The molecule has 25 heavy (non-hydrogen) atoms. The highest BCUT2D eigenvalue weighted by atomic mass is 32.1. The number of nitrogens with one attached hydrogen (secondary N) is 1. The third kappa shape index (κ3) is 3.63. The van der Waals surface area contributed by atoms with Crippen LogP contribution in [0.2, 0.25) is 0 Å². The molecular formula is C18H18N2O3S2. The summed E-state index contributed by atoms with van der Waals surface area (Å²) in [6.07, 6.45) is 2.77. The second-order valence-electron chi connectivity index (χ2n) is 5.60. The Bertz CT molecular complexity index is 819. The van der Waals surface area contributed by atoms with Gasteiger partial charge in [-0.15, -0.1) is 22.7 Å². The molecule has 3 heterocycles. The Balaban J connectivity index is 1.53. The minimum absolute atomic E-state index is 0.161. The minimum atomic E-state index is 0.161. The molecule has 1 aliphatic heterocycles. The van der Waals surface area contributed by atoms with Crippen LogP contribution in [0.15, 0.2) is 41.2 Å². The number of nitrogens with zero attached hydrogens (tertiary/aromatic N) is 1. The molecule has 2 aromatic heterocycles. The second kappa shape index (κ2) is 7.43. The van der Waals surface area contributed by atoms with E-state index >= 15 is 0 Å². The summed E-state index contributed by atoms with van der Waals surface area (Å²) in [6, 6.07) is 8.28. The lowest BCUT2D eigenvalue weighted by Gasteiger charge is -2.17. The number of benzene rings is 1. The summed E-state index contributed by atoms with van der Waals surface area (Å²) in [5, 5.41) is 8.83. The van der Waals surface area contributed by atoms with Crippen molar-refractivity contribution in [1.82, 2.24) is 10.3 Å². The number of aromatic nitrogens is 1. The molecule has 3 aromatic rings. The average molecular weight is 374 g/mol. The number of fused-ring (bicyclic) bond motifs is 1. The minimum Gasteiger partial charge on any atom is -0.496 e. The molecule has 1 N–H and O–H groups in total. The smallest absolute Gasteiger partial charge is 0.231 e. The Kier molecular flexibility index (Phi) is 4.87. The topological polar surface area (TPSA) is 52.6 Å². The number of thiophene rings is 1. The number of hydrogen-bond acceptors (Lipinski definition) is 7. The van der Waals surface area contributed by atoms with Crippen LogP contribution < -0.4 is 19.5 Å². The first-order valence-electron chi connectivity index (χ1n) is 7.95. The average Bonchev–Trinajstić information content (AvgIpc) is 3.39. The third-order valence-corrected chi connectivity index (χ3v) is 5.84. The van der Waals surface area contributed by atoms with E-state index in [9.17, 15) is 0 Å². The Hall–Kier alpha value is -2.09. The van der Waals surface area contributed by atoms with Gasteiger partial charge < -0.3 is 19.5 Å². The number of hydrogen-bond donors (Lipinski definition) is 1. The van der Waals surface area contributed by atoms with Crippen LogP contribution in [0, 0.1) is 0 Å². The summed E-state index contributed by atoms with van der Waals surface area (Å²) in [4.78, 5) is 5.83. The molecule has 0 fully saturated rings. The highest BCUT2D eigenvalue weighted by molar-refractivity contribution is 7.10. The number of thiazole rings is 1. The van der Waals surface area contributed by atoms with Crippen molar-refractivity contribution in [2.24, 2.45) is 0 Å². The molecular weight excluding hydrogens is 356 g/mol. The third-order valence-electron chi connectivity index (χ3n) is 4.05. The summed E-state index contributed by atoms with van der Waals surface area (Å²) >= 11 is 3.44. The van der Waals surface area contributed by atoms with E-state index in [1.807, 2.05) is 23.7 Å². The Morgan fingerprint density at radius 3 is 2.84 bits per heavy atom. The summed E-state index contributed by atoms with van der Waals surface area (Å²) < 4.78 is 16.4. The molecule has 1 atom stereocenters. The van der Waals surface area contributed by atoms with Crippen LogP contribution in [0.4, 0.5) is 0 Å². The maximum absolute atomic E-state index is 5.51. The van der Waals surface area contributed by atoms with Crippen molar-refractivity contribution in [3.63, 3.8) is 0 Å². The van der Waals surface area contributed by atoms with Gasteiger partial charge in [-0.1, -0.05) is 6.07 Å². The SMILES string of the molecule is COc1cc2c(cc1CN[C@H](Cc1cccs1)c1nccs1)OCO2. The van der Waals surface area contributed by atoms with Gasteiger partial charge in [0.15, 0.2) is 11.5 Å². The molecule has 0 radical (unpaired) electrons. The van der Waals surface area contributed by atoms with Gasteiger partial charge in [-0.05, 0) is 17.5 Å². The molecule has 0 bridgehead atoms. The van der Waals surface area contributed by atoms with Crippen LogP contribution in [0.1, 0.15) is 21.5 Å². The van der Waals surface area contributed by atoms with E-state index < -0.39 is 0 Å². The van der Waals surface area contributed by atoms with Crippen molar-refractivity contribution in [2.45, 2.75) is 19.0 Å². The van der Waals surface area contributed by atoms with Gasteiger partial charge in [-0.3, -0.25) is 0 Å². The fraction of sp³-hybridized carbons (Fsp3) is 0.278. The van der Waals surface area contributed by atoms with Gasteiger partial charge >= 0.3 is 0 Å². The van der Waals surface area contributed by atoms with Crippen molar-refractivity contribution in [2.75, 3.05) is 13.9 Å². The van der Waals surface area contributed by atoms with Gasteiger partial charge in [-0.2, -0.15) is 0 Å². The first kappa shape index (κ1) is 16.4. The van der Waals surface area contributed by atoms with E-state index in [4.69, 9.17) is 14.2 Å². The van der Waals surface area contributed by atoms with Gasteiger partial charge in [0.2, 0.25) is 6.79 Å². The van der Waals surface area contributed by atoms with E-state index in [1.165, 1.54) is 4.88 Å². The van der Waals surface area contributed by atoms with E-state index in [1.54, 1.807) is 29.8 Å². The summed E-state index contributed by atoms with van der Waals surface area (Å²) in [5.41, 5.74) is 1.04. The zero-order valence-corrected chi connectivity index (χ0v) is 15.4. The molecule has 0 saturated carbocycles. The van der Waals surface area contributed by atoms with Crippen molar-refractivity contribution in [1.29, 1.82) is 0 Å². The Labute approximate surface area is 154 Å². The predicted molar refractivity (Wildman–Crippen MR) is 98.8 cm³/mol. The molecule has 0 amide bonds. The molecule has 5 nitrogen and oxygen atoms in total. The largest absolute Gasteiger partial charge is 0.496 e. The van der Waals surface area contributed by atoms with Crippen LogP contribution in [0.5, 0.6) is 17.2 Å². The summed E-state index contributed by atoms with van der Waals surface area (Å²) in [5.74, 6) is 2.29. The predicted octanol–water partition coefficient (Wildman–Crippen LogP) is 4.02. The van der Waals surface area contributed by atoms with Crippen molar-refractivity contribution < 1.29 is 14.2 Å². The lowest BCUT2D eigenvalue weighted by molar-refractivity contribution is 0.174. The molecule has 0 unspecified atom stereocenters. The molecule has 4 rings (SSSR count). The van der Waals surface area contributed by atoms with Crippen molar-refractivity contribution >= 4 is 22.7 Å². The van der Waals surface area contributed by atoms with Crippen LogP contribution in [-0.2, 0) is 13.0 Å². The molecule has 1 aliphatic rings. The highest BCUT2D eigenvalue weighted by Gasteiger charge is 2.20. The van der Waals surface area contributed by atoms with Crippen LogP contribution in [0.25, 0.3) is 0 Å². The molecule has 130 valence electrons. The first-order valence-corrected chi connectivity index (χ1v) is 9.71.